The van der Waals surface area contributed by atoms with Gasteiger partial charge in [-0.1, -0.05) is 6.07 Å². The zero-order valence-electron chi connectivity index (χ0n) is 12.8. The van der Waals surface area contributed by atoms with Crippen molar-refractivity contribution in [3.05, 3.63) is 64.7 Å². The molecule has 24 heavy (non-hydrogen) atoms. The Kier molecular flexibility index (Phi) is 4.24. The summed E-state index contributed by atoms with van der Waals surface area (Å²) in [5.74, 6) is -4.44. The SMILES string of the molecule is Cc1nc2ccc(CCNC(=O)c3ccc(F)c(F)c3F)cc2[nH]1. The maximum Gasteiger partial charge on any atom is 0.254 e. The molecule has 3 aromatic rings. The van der Waals surface area contributed by atoms with Crippen LogP contribution in [0.1, 0.15) is 21.7 Å². The number of aryl methyl sites for hydroxylation is 1. The molecule has 4 nitrogen and oxygen atoms in total. The number of benzene rings is 2. The number of halogens is 3. The van der Waals surface area contributed by atoms with Gasteiger partial charge in [0.15, 0.2) is 17.5 Å². The number of aromatic nitrogens is 2. The second-order valence-corrected chi connectivity index (χ2v) is 5.40. The van der Waals surface area contributed by atoms with Gasteiger partial charge in [-0.25, -0.2) is 18.2 Å². The Morgan fingerprint density at radius 2 is 1.96 bits per heavy atom. The topological polar surface area (TPSA) is 57.8 Å². The predicted octanol–water partition coefficient (Wildman–Crippen LogP) is 3.26. The minimum atomic E-state index is -1.65. The molecule has 0 bridgehead atoms. The Morgan fingerprint density at radius 1 is 1.17 bits per heavy atom. The van der Waals surface area contributed by atoms with E-state index in [1.165, 1.54) is 0 Å². The summed E-state index contributed by atoms with van der Waals surface area (Å²) in [7, 11) is 0. The van der Waals surface area contributed by atoms with Gasteiger partial charge in [0.2, 0.25) is 0 Å². The summed E-state index contributed by atoms with van der Waals surface area (Å²) in [5, 5.41) is 2.49. The van der Waals surface area contributed by atoms with Crippen LogP contribution in [0.4, 0.5) is 13.2 Å². The molecule has 1 amide bonds. The lowest BCUT2D eigenvalue weighted by atomic mass is 10.1. The van der Waals surface area contributed by atoms with E-state index in [1.807, 2.05) is 25.1 Å². The quantitative estimate of drug-likeness (QED) is 0.720. The highest BCUT2D eigenvalue weighted by Crippen LogP contribution is 2.16. The van der Waals surface area contributed by atoms with Crippen molar-refractivity contribution in [3.8, 4) is 0 Å². The normalized spacial score (nSPS) is 11.0. The van der Waals surface area contributed by atoms with Crippen LogP contribution in [0.15, 0.2) is 30.3 Å². The molecule has 1 aromatic heterocycles. The molecule has 124 valence electrons. The minimum absolute atomic E-state index is 0.232. The number of nitrogens with zero attached hydrogens (tertiary/aromatic N) is 1. The van der Waals surface area contributed by atoms with E-state index in [4.69, 9.17) is 0 Å². The van der Waals surface area contributed by atoms with Gasteiger partial charge >= 0.3 is 0 Å². The van der Waals surface area contributed by atoms with Crippen LogP contribution in [0.25, 0.3) is 11.0 Å². The largest absolute Gasteiger partial charge is 0.352 e. The molecule has 2 aromatic carbocycles. The van der Waals surface area contributed by atoms with Crippen molar-refractivity contribution in [1.82, 2.24) is 15.3 Å². The third-order valence-electron chi connectivity index (χ3n) is 3.64. The predicted molar refractivity (Wildman–Crippen MR) is 83.2 cm³/mol. The summed E-state index contributed by atoms with van der Waals surface area (Å²) in [6, 6.07) is 7.31. The monoisotopic (exact) mass is 333 g/mol. The van der Waals surface area contributed by atoms with E-state index in [1.54, 1.807) is 0 Å². The van der Waals surface area contributed by atoms with Crippen molar-refractivity contribution >= 4 is 16.9 Å². The lowest BCUT2D eigenvalue weighted by Crippen LogP contribution is -2.27. The fraction of sp³-hybridized carbons (Fsp3) is 0.176. The second kappa shape index (κ2) is 6.35. The van der Waals surface area contributed by atoms with Crippen LogP contribution in [-0.2, 0) is 6.42 Å². The molecule has 0 radical (unpaired) electrons. The standard InChI is InChI=1S/C17H14F3N3O/c1-9-22-13-5-2-10(8-14(13)23-9)6-7-21-17(24)11-3-4-12(18)16(20)15(11)19/h2-5,8H,6-7H2,1H3,(H,21,24)(H,22,23). The summed E-state index contributed by atoms with van der Waals surface area (Å²) in [5.41, 5.74) is 2.18. The van der Waals surface area contributed by atoms with Crippen LogP contribution in [0, 0.1) is 24.4 Å². The van der Waals surface area contributed by atoms with E-state index in [9.17, 15) is 18.0 Å². The molecule has 0 saturated heterocycles. The van der Waals surface area contributed by atoms with E-state index >= 15 is 0 Å². The third kappa shape index (κ3) is 3.10. The Morgan fingerprint density at radius 3 is 2.75 bits per heavy atom. The van der Waals surface area contributed by atoms with Gasteiger partial charge in [-0.3, -0.25) is 4.79 Å². The number of imidazole rings is 1. The van der Waals surface area contributed by atoms with Gasteiger partial charge < -0.3 is 10.3 Å². The number of hydrogen-bond donors (Lipinski definition) is 2. The molecule has 0 aliphatic carbocycles. The minimum Gasteiger partial charge on any atom is -0.352 e. The number of carbonyl (C=O) groups is 1. The van der Waals surface area contributed by atoms with Crippen LogP contribution >= 0.6 is 0 Å². The number of carbonyl (C=O) groups excluding carboxylic acids is 1. The van der Waals surface area contributed by atoms with E-state index in [0.29, 0.717) is 6.42 Å². The first-order chi connectivity index (χ1) is 11.5. The lowest BCUT2D eigenvalue weighted by Gasteiger charge is -2.07. The number of hydrogen-bond acceptors (Lipinski definition) is 2. The summed E-state index contributed by atoms with van der Waals surface area (Å²) in [6.45, 7) is 2.09. The van der Waals surface area contributed by atoms with Gasteiger partial charge in [-0.05, 0) is 43.2 Å². The van der Waals surface area contributed by atoms with Gasteiger partial charge in [-0.15, -0.1) is 0 Å². The zero-order chi connectivity index (χ0) is 17.3. The highest BCUT2D eigenvalue weighted by atomic mass is 19.2. The average Bonchev–Trinajstić information content (AvgIpc) is 2.92. The first-order valence-corrected chi connectivity index (χ1v) is 7.32. The summed E-state index contributed by atoms with van der Waals surface area (Å²) < 4.78 is 39.6. The van der Waals surface area contributed by atoms with Crippen LogP contribution in [0.5, 0.6) is 0 Å². The summed E-state index contributed by atoms with van der Waals surface area (Å²) in [4.78, 5) is 19.3. The van der Waals surface area contributed by atoms with Crippen molar-refractivity contribution in [2.24, 2.45) is 0 Å². The van der Waals surface area contributed by atoms with E-state index < -0.39 is 28.9 Å². The first-order valence-electron chi connectivity index (χ1n) is 7.32. The van der Waals surface area contributed by atoms with E-state index in [0.717, 1.165) is 34.6 Å². The molecular weight excluding hydrogens is 319 g/mol. The van der Waals surface area contributed by atoms with Gasteiger partial charge in [0.05, 0.1) is 16.6 Å². The molecule has 3 rings (SSSR count). The number of nitrogens with one attached hydrogen (secondary N) is 2. The Bertz CT molecular complexity index is 921. The van der Waals surface area contributed by atoms with E-state index in [-0.39, 0.29) is 6.54 Å². The molecule has 0 aliphatic heterocycles. The first kappa shape index (κ1) is 16.0. The van der Waals surface area contributed by atoms with Crippen molar-refractivity contribution in [2.75, 3.05) is 6.54 Å². The maximum absolute atomic E-state index is 13.6. The average molecular weight is 333 g/mol. The molecule has 0 saturated carbocycles. The van der Waals surface area contributed by atoms with Gasteiger partial charge in [0, 0.05) is 6.54 Å². The second-order valence-electron chi connectivity index (χ2n) is 5.40. The van der Waals surface area contributed by atoms with Gasteiger partial charge in [0.1, 0.15) is 5.82 Å². The molecule has 0 unspecified atom stereocenters. The van der Waals surface area contributed by atoms with Crippen molar-refractivity contribution in [1.29, 1.82) is 0 Å². The summed E-state index contributed by atoms with van der Waals surface area (Å²) in [6.07, 6.45) is 0.505. The summed E-state index contributed by atoms with van der Waals surface area (Å²) >= 11 is 0. The highest BCUT2D eigenvalue weighted by molar-refractivity contribution is 5.94. The fourth-order valence-electron chi connectivity index (χ4n) is 2.46. The van der Waals surface area contributed by atoms with Gasteiger partial charge in [-0.2, -0.15) is 0 Å². The molecule has 2 N–H and O–H groups in total. The van der Waals surface area contributed by atoms with Crippen LogP contribution in [0.2, 0.25) is 0 Å². The third-order valence-corrected chi connectivity index (χ3v) is 3.64. The molecular formula is C17H14F3N3O. The Balaban J connectivity index is 1.65. The number of rotatable bonds is 4. The number of H-pyrrole nitrogens is 1. The molecule has 0 fully saturated rings. The molecule has 0 aliphatic rings. The van der Waals surface area contributed by atoms with Crippen LogP contribution in [-0.4, -0.2) is 22.4 Å². The number of amides is 1. The maximum atomic E-state index is 13.6. The smallest absolute Gasteiger partial charge is 0.254 e. The van der Waals surface area contributed by atoms with Crippen LogP contribution in [0.3, 0.4) is 0 Å². The van der Waals surface area contributed by atoms with Crippen LogP contribution < -0.4 is 5.32 Å². The fourth-order valence-corrected chi connectivity index (χ4v) is 2.46. The Labute approximate surface area is 135 Å². The number of fused-ring (bicyclic) bond motifs is 1. The van der Waals surface area contributed by atoms with Crippen molar-refractivity contribution in [3.63, 3.8) is 0 Å². The lowest BCUT2D eigenvalue weighted by molar-refractivity contribution is 0.0949. The number of aromatic amines is 1. The zero-order valence-corrected chi connectivity index (χ0v) is 12.8. The molecule has 1 heterocycles. The highest BCUT2D eigenvalue weighted by Gasteiger charge is 2.18. The molecule has 0 atom stereocenters. The Hall–Kier alpha value is -2.83. The van der Waals surface area contributed by atoms with Crippen molar-refractivity contribution < 1.29 is 18.0 Å². The molecule has 0 spiro atoms. The van der Waals surface area contributed by atoms with Gasteiger partial charge in [0.25, 0.3) is 5.91 Å². The van der Waals surface area contributed by atoms with E-state index in [2.05, 4.69) is 15.3 Å². The van der Waals surface area contributed by atoms with Crippen molar-refractivity contribution in [2.45, 2.75) is 13.3 Å². The molecule has 7 heteroatoms.